The van der Waals surface area contributed by atoms with E-state index < -0.39 is 0 Å². The van der Waals surface area contributed by atoms with Crippen LogP contribution < -0.4 is 0 Å². The Balaban J connectivity index is 1.73. The molecule has 0 aromatic heterocycles. The zero-order valence-corrected chi connectivity index (χ0v) is 14.6. The molecule has 0 unspecified atom stereocenters. The Morgan fingerprint density at radius 3 is 2.84 bits per heavy atom. The maximum Gasteiger partial charge on any atom is 0.306 e. The highest BCUT2D eigenvalue weighted by Gasteiger charge is 2.50. The van der Waals surface area contributed by atoms with Crippen molar-refractivity contribution in [2.24, 2.45) is 11.8 Å². The summed E-state index contributed by atoms with van der Waals surface area (Å²) in [5.74, 6) is 4.94. The van der Waals surface area contributed by atoms with Crippen molar-refractivity contribution in [3.05, 3.63) is 34.9 Å². The fraction of sp³-hybridized carbons (Fsp3) is 0.474. The predicted molar refractivity (Wildman–Crippen MR) is 91.0 cm³/mol. The lowest BCUT2D eigenvalue weighted by Gasteiger charge is -2.18. The molecule has 0 N–H and O–H groups in total. The molecule has 1 aliphatic heterocycles. The zero-order valence-electron chi connectivity index (χ0n) is 13.9. The highest BCUT2D eigenvalue weighted by Crippen LogP contribution is 2.42. The summed E-state index contributed by atoms with van der Waals surface area (Å²) < 4.78 is 16.3. The van der Waals surface area contributed by atoms with E-state index in [4.69, 9.17) is 25.8 Å². The van der Waals surface area contributed by atoms with Gasteiger partial charge in [0.25, 0.3) is 0 Å². The third kappa shape index (κ3) is 4.21. The number of carbonyl (C=O) groups is 2. The normalized spacial score (nSPS) is 27.4. The summed E-state index contributed by atoms with van der Waals surface area (Å²) in [7, 11) is 0. The molecule has 2 aliphatic rings. The predicted octanol–water partition coefficient (Wildman–Crippen LogP) is 2.86. The summed E-state index contributed by atoms with van der Waals surface area (Å²) in [4.78, 5) is 23.8. The number of ether oxygens (including phenoxy) is 3. The highest BCUT2D eigenvalue weighted by molar-refractivity contribution is 6.30. The number of ketones is 1. The second-order valence-electron chi connectivity index (χ2n) is 6.08. The molecule has 1 saturated carbocycles. The quantitative estimate of drug-likeness (QED) is 0.201. The van der Waals surface area contributed by atoms with Crippen LogP contribution in [0.25, 0.3) is 0 Å². The molecule has 1 aliphatic carbocycles. The van der Waals surface area contributed by atoms with Gasteiger partial charge >= 0.3 is 5.97 Å². The number of esters is 1. The number of rotatable bonds is 5. The molecule has 132 valence electrons. The average molecular weight is 363 g/mol. The van der Waals surface area contributed by atoms with Crippen LogP contribution in [0.15, 0.2) is 24.3 Å². The molecule has 0 radical (unpaired) electrons. The number of hydrogen-bond donors (Lipinski definition) is 0. The Kier molecular flexibility index (Phi) is 5.74. The van der Waals surface area contributed by atoms with E-state index in [1.807, 2.05) is 6.92 Å². The van der Waals surface area contributed by atoms with Crippen LogP contribution in [0.5, 0.6) is 0 Å². The monoisotopic (exact) mass is 362 g/mol. The van der Waals surface area contributed by atoms with E-state index in [0.717, 1.165) is 0 Å². The standard InChI is InChI=1S/C19H19ClO5/c1-2-23-11-24-17-10-18-15(9-19(22)25-18)14(17)7-8-16(21)12-3-5-13(20)6-4-12/h3-6,14-15,17-18H,2,9-11H2,1H3/t14-,15-,17-,18+/m1/s1. The van der Waals surface area contributed by atoms with Gasteiger partial charge in [0.05, 0.1) is 18.4 Å². The maximum absolute atomic E-state index is 12.3. The lowest BCUT2D eigenvalue weighted by Crippen LogP contribution is -2.23. The number of hydrogen-bond acceptors (Lipinski definition) is 5. The molecule has 5 nitrogen and oxygen atoms in total. The Labute approximate surface area is 151 Å². The van der Waals surface area contributed by atoms with Gasteiger partial charge in [0.1, 0.15) is 12.9 Å². The number of benzene rings is 1. The van der Waals surface area contributed by atoms with Crippen molar-refractivity contribution >= 4 is 23.4 Å². The molecule has 0 bridgehead atoms. The molecular formula is C19H19ClO5. The van der Waals surface area contributed by atoms with Crippen molar-refractivity contribution in [2.45, 2.75) is 32.0 Å². The fourth-order valence-corrected chi connectivity index (χ4v) is 3.40. The maximum atomic E-state index is 12.3. The molecule has 0 spiro atoms. The van der Waals surface area contributed by atoms with Gasteiger partial charge in [-0.1, -0.05) is 17.5 Å². The Bertz CT molecular complexity index is 703. The smallest absolute Gasteiger partial charge is 0.306 e. The molecule has 25 heavy (non-hydrogen) atoms. The van der Waals surface area contributed by atoms with Gasteiger partial charge in [-0.05, 0) is 37.1 Å². The molecule has 3 rings (SSSR count). The molecule has 2 fully saturated rings. The van der Waals surface area contributed by atoms with E-state index in [2.05, 4.69) is 11.8 Å². The van der Waals surface area contributed by atoms with Crippen LogP contribution in [0, 0.1) is 23.7 Å². The van der Waals surface area contributed by atoms with Gasteiger partial charge in [0.15, 0.2) is 0 Å². The molecule has 0 amide bonds. The molecule has 1 aromatic carbocycles. The van der Waals surface area contributed by atoms with E-state index in [-0.39, 0.29) is 42.6 Å². The van der Waals surface area contributed by atoms with Crippen LogP contribution in [-0.2, 0) is 19.0 Å². The third-order valence-electron chi connectivity index (χ3n) is 4.52. The first-order valence-corrected chi connectivity index (χ1v) is 8.66. The van der Waals surface area contributed by atoms with Crippen LogP contribution in [0.1, 0.15) is 30.1 Å². The van der Waals surface area contributed by atoms with E-state index in [1.165, 1.54) is 0 Å². The minimum atomic E-state index is -0.283. The summed E-state index contributed by atoms with van der Waals surface area (Å²) >= 11 is 5.83. The largest absolute Gasteiger partial charge is 0.462 e. The fourth-order valence-electron chi connectivity index (χ4n) is 3.27. The minimum Gasteiger partial charge on any atom is -0.462 e. The number of Topliss-reactive ketones (excluding diaryl/α,β-unsaturated/α-hetero) is 1. The molecule has 1 heterocycles. The zero-order chi connectivity index (χ0) is 17.8. The Morgan fingerprint density at radius 2 is 2.12 bits per heavy atom. The minimum absolute atomic E-state index is 0.0374. The van der Waals surface area contributed by atoms with Gasteiger partial charge in [-0.3, -0.25) is 9.59 Å². The summed E-state index contributed by atoms with van der Waals surface area (Å²) in [6, 6.07) is 6.59. The van der Waals surface area contributed by atoms with Crippen LogP contribution in [0.4, 0.5) is 0 Å². The number of fused-ring (bicyclic) bond motifs is 1. The molecular weight excluding hydrogens is 344 g/mol. The number of carbonyl (C=O) groups excluding carboxylic acids is 2. The van der Waals surface area contributed by atoms with E-state index >= 15 is 0 Å². The first-order valence-electron chi connectivity index (χ1n) is 8.28. The van der Waals surface area contributed by atoms with Crippen molar-refractivity contribution in [3.63, 3.8) is 0 Å². The van der Waals surface area contributed by atoms with Crippen molar-refractivity contribution in [2.75, 3.05) is 13.4 Å². The summed E-state index contributed by atoms with van der Waals surface area (Å²) in [5.41, 5.74) is 0.483. The summed E-state index contributed by atoms with van der Waals surface area (Å²) in [6.45, 7) is 2.61. The van der Waals surface area contributed by atoms with Gasteiger partial charge in [-0.25, -0.2) is 0 Å². The second-order valence-corrected chi connectivity index (χ2v) is 6.52. The molecule has 6 heteroatoms. The van der Waals surface area contributed by atoms with Crippen molar-refractivity contribution < 1.29 is 23.8 Å². The van der Waals surface area contributed by atoms with Gasteiger partial charge < -0.3 is 14.2 Å². The van der Waals surface area contributed by atoms with Crippen molar-refractivity contribution in [1.82, 2.24) is 0 Å². The van der Waals surface area contributed by atoms with Crippen LogP contribution in [-0.4, -0.2) is 37.4 Å². The average Bonchev–Trinajstić information content (AvgIpc) is 3.09. The summed E-state index contributed by atoms with van der Waals surface area (Å²) in [5, 5.41) is 0.564. The SMILES string of the molecule is CCOCO[C@@H]1C[C@@H]2OC(=O)C[C@@H]2[C@H]1C#CC(=O)c1ccc(Cl)cc1. The first-order chi connectivity index (χ1) is 12.1. The van der Waals surface area contributed by atoms with Gasteiger partial charge in [0.2, 0.25) is 5.78 Å². The Morgan fingerprint density at radius 1 is 1.36 bits per heavy atom. The molecule has 4 atom stereocenters. The third-order valence-corrected chi connectivity index (χ3v) is 4.77. The number of halogens is 1. The lowest BCUT2D eigenvalue weighted by molar-refractivity contribution is -0.143. The van der Waals surface area contributed by atoms with Crippen molar-refractivity contribution in [3.8, 4) is 11.8 Å². The van der Waals surface area contributed by atoms with Crippen molar-refractivity contribution in [1.29, 1.82) is 0 Å². The topological polar surface area (TPSA) is 61.8 Å². The first kappa shape index (κ1) is 17.9. The van der Waals surface area contributed by atoms with E-state index in [0.29, 0.717) is 30.0 Å². The van der Waals surface area contributed by atoms with Crippen LogP contribution in [0.3, 0.4) is 0 Å². The highest BCUT2D eigenvalue weighted by atomic mass is 35.5. The van der Waals surface area contributed by atoms with Gasteiger partial charge in [-0.15, -0.1) is 0 Å². The molecule has 1 saturated heterocycles. The second kappa shape index (κ2) is 8.01. The summed E-state index contributed by atoms with van der Waals surface area (Å²) in [6.07, 6.45) is 0.496. The van der Waals surface area contributed by atoms with Crippen LogP contribution in [0.2, 0.25) is 5.02 Å². The lowest BCUT2D eigenvalue weighted by atomic mass is 9.92. The Hall–Kier alpha value is -1.87. The van der Waals surface area contributed by atoms with Gasteiger partial charge in [-0.2, -0.15) is 0 Å². The van der Waals surface area contributed by atoms with Crippen LogP contribution >= 0.6 is 11.6 Å². The van der Waals surface area contributed by atoms with E-state index in [1.54, 1.807) is 24.3 Å². The van der Waals surface area contributed by atoms with E-state index in [9.17, 15) is 9.59 Å². The molecule has 1 aromatic rings. The van der Waals surface area contributed by atoms with Gasteiger partial charge in [0, 0.05) is 29.5 Å².